The summed E-state index contributed by atoms with van der Waals surface area (Å²) in [6.45, 7) is 8.08. The van der Waals surface area contributed by atoms with Gasteiger partial charge in [0.15, 0.2) is 5.79 Å². The van der Waals surface area contributed by atoms with Gasteiger partial charge in [0.2, 0.25) is 0 Å². The number of carbonyl (C=O) groups excluding carboxylic acids is 1. The number of ketones is 1. The topological polar surface area (TPSA) is 35.5 Å². The highest BCUT2D eigenvalue weighted by Crippen LogP contribution is 2.39. The molecule has 18 heavy (non-hydrogen) atoms. The number of hydrogen-bond donors (Lipinski definition) is 0. The first-order valence-corrected chi connectivity index (χ1v) is 7.30. The van der Waals surface area contributed by atoms with Crippen LogP contribution >= 0.6 is 0 Å². The second kappa shape index (κ2) is 5.70. The Labute approximate surface area is 110 Å². The molecule has 3 heteroatoms. The zero-order valence-corrected chi connectivity index (χ0v) is 11.9. The quantitative estimate of drug-likeness (QED) is 0.756. The Hall–Kier alpha value is -0.410. The first kappa shape index (κ1) is 14.0. The van der Waals surface area contributed by atoms with Gasteiger partial charge < -0.3 is 9.47 Å². The Morgan fingerprint density at radius 1 is 1.22 bits per heavy atom. The van der Waals surface area contributed by atoms with Crippen molar-refractivity contribution in [1.29, 1.82) is 0 Å². The fraction of sp³-hybridized carbons (Fsp3) is 0.933. The molecule has 0 radical (unpaired) electrons. The first-order chi connectivity index (χ1) is 8.51. The molecule has 1 saturated heterocycles. The van der Waals surface area contributed by atoms with E-state index in [1.165, 1.54) is 0 Å². The lowest BCUT2D eigenvalue weighted by Gasteiger charge is -2.33. The van der Waals surface area contributed by atoms with Crippen molar-refractivity contribution < 1.29 is 14.3 Å². The molecule has 0 amide bonds. The van der Waals surface area contributed by atoms with Crippen molar-refractivity contribution in [1.82, 2.24) is 0 Å². The van der Waals surface area contributed by atoms with Crippen LogP contribution in [0.3, 0.4) is 0 Å². The van der Waals surface area contributed by atoms with Gasteiger partial charge in [-0.15, -0.1) is 0 Å². The number of ether oxygens (including phenoxy) is 2. The largest absolute Gasteiger partial charge is 0.348 e. The number of Topliss-reactive ketones (excluding diaryl/α,β-unsaturated/α-hetero) is 1. The standard InChI is InChI=1S/C15H26O3/c1-11(2)9-15(17-6-7-18-15)10-12(3)13-4-5-14(16)8-13/h11-13H,4-10H2,1-3H3/t12-,13-/m1/s1. The van der Waals surface area contributed by atoms with E-state index in [2.05, 4.69) is 20.8 Å². The fourth-order valence-electron chi connectivity index (χ4n) is 3.42. The minimum atomic E-state index is -0.376. The molecule has 2 rings (SSSR count). The predicted octanol–water partition coefficient (Wildman–Crippen LogP) is 3.17. The van der Waals surface area contributed by atoms with Crippen LogP contribution in [0.4, 0.5) is 0 Å². The monoisotopic (exact) mass is 254 g/mol. The maximum absolute atomic E-state index is 11.4. The summed E-state index contributed by atoms with van der Waals surface area (Å²) < 4.78 is 11.8. The summed E-state index contributed by atoms with van der Waals surface area (Å²) in [6, 6.07) is 0. The number of hydrogen-bond acceptors (Lipinski definition) is 3. The minimum absolute atomic E-state index is 0.376. The predicted molar refractivity (Wildman–Crippen MR) is 70.2 cm³/mol. The second-order valence-electron chi connectivity index (χ2n) is 6.43. The van der Waals surface area contributed by atoms with E-state index in [4.69, 9.17) is 9.47 Å². The third-order valence-corrected chi connectivity index (χ3v) is 4.25. The van der Waals surface area contributed by atoms with Gasteiger partial charge in [0.1, 0.15) is 5.78 Å². The average molecular weight is 254 g/mol. The molecule has 0 aromatic heterocycles. The molecule has 0 spiro atoms. The van der Waals surface area contributed by atoms with Crippen LogP contribution in [-0.4, -0.2) is 24.8 Å². The molecule has 2 atom stereocenters. The maximum Gasteiger partial charge on any atom is 0.169 e. The van der Waals surface area contributed by atoms with Crippen molar-refractivity contribution in [3.05, 3.63) is 0 Å². The minimum Gasteiger partial charge on any atom is -0.348 e. The summed E-state index contributed by atoms with van der Waals surface area (Å²) in [5, 5.41) is 0. The van der Waals surface area contributed by atoms with Gasteiger partial charge in [-0.1, -0.05) is 20.8 Å². The zero-order chi connectivity index (χ0) is 13.2. The van der Waals surface area contributed by atoms with Gasteiger partial charge in [-0.3, -0.25) is 4.79 Å². The van der Waals surface area contributed by atoms with Crippen LogP contribution in [0.5, 0.6) is 0 Å². The number of carbonyl (C=O) groups is 1. The molecule has 1 heterocycles. The lowest BCUT2D eigenvalue weighted by molar-refractivity contribution is -0.182. The summed E-state index contributed by atoms with van der Waals surface area (Å²) in [5.74, 6) is 1.67. The Morgan fingerprint density at radius 3 is 2.39 bits per heavy atom. The van der Waals surface area contributed by atoms with Gasteiger partial charge in [-0.2, -0.15) is 0 Å². The Kier molecular flexibility index (Phi) is 4.44. The normalized spacial score (nSPS) is 29.1. The highest BCUT2D eigenvalue weighted by molar-refractivity contribution is 5.80. The van der Waals surface area contributed by atoms with Crippen molar-refractivity contribution in [2.75, 3.05) is 13.2 Å². The van der Waals surface area contributed by atoms with Crippen molar-refractivity contribution in [2.24, 2.45) is 17.8 Å². The van der Waals surface area contributed by atoms with Gasteiger partial charge >= 0.3 is 0 Å². The van der Waals surface area contributed by atoms with E-state index < -0.39 is 0 Å². The van der Waals surface area contributed by atoms with Gasteiger partial charge in [0, 0.05) is 25.7 Å². The third kappa shape index (κ3) is 3.33. The van der Waals surface area contributed by atoms with E-state index >= 15 is 0 Å². The van der Waals surface area contributed by atoms with Crippen LogP contribution in [0.2, 0.25) is 0 Å². The van der Waals surface area contributed by atoms with Crippen LogP contribution in [0.25, 0.3) is 0 Å². The summed E-state index contributed by atoms with van der Waals surface area (Å²) in [4.78, 5) is 11.4. The summed E-state index contributed by atoms with van der Waals surface area (Å²) in [7, 11) is 0. The summed E-state index contributed by atoms with van der Waals surface area (Å²) in [6.07, 6.45) is 4.48. The molecule has 0 aromatic carbocycles. The molecule has 3 nitrogen and oxygen atoms in total. The molecule has 0 N–H and O–H groups in total. The maximum atomic E-state index is 11.4. The zero-order valence-electron chi connectivity index (χ0n) is 11.9. The molecule has 2 fully saturated rings. The third-order valence-electron chi connectivity index (χ3n) is 4.25. The highest BCUT2D eigenvalue weighted by Gasteiger charge is 2.40. The molecule has 0 bridgehead atoms. The smallest absolute Gasteiger partial charge is 0.169 e. The molecular weight excluding hydrogens is 228 g/mol. The summed E-state index contributed by atoms with van der Waals surface area (Å²) in [5.41, 5.74) is 0. The Morgan fingerprint density at radius 2 is 1.89 bits per heavy atom. The van der Waals surface area contributed by atoms with E-state index in [1.54, 1.807) is 0 Å². The van der Waals surface area contributed by atoms with Crippen LogP contribution in [0, 0.1) is 17.8 Å². The molecule has 1 aliphatic heterocycles. The molecule has 0 aromatic rings. The lowest BCUT2D eigenvalue weighted by atomic mass is 9.84. The fourth-order valence-corrected chi connectivity index (χ4v) is 3.42. The van der Waals surface area contributed by atoms with E-state index in [0.717, 1.165) is 32.1 Å². The van der Waals surface area contributed by atoms with Crippen LogP contribution < -0.4 is 0 Å². The molecule has 0 unspecified atom stereocenters. The second-order valence-corrected chi connectivity index (χ2v) is 6.43. The first-order valence-electron chi connectivity index (χ1n) is 7.30. The van der Waals surface area contributed by atoms with Gasteiger partial charge in [-0.25, -0.2) is 0 Å². The summed E-state index contributed by atoms with van der Waals surface area (Å²) >= 11 is 0. The molecule has 2 aliphatic rings. The van der Waals surface area contributed by atoms with Gasteiger partial charge in [0.25, 0.3) is 0 Å². The molecular formula is C15H26O3. The van der Waals surface area contributed by atoms with E-state index in [1.807, 2.05) is 0 Å². The molecule has 1 saturated carbocycles. The molecule has 1 aliphatic carbocycles. The van der Waals surface area contributed by atoms with E-state index in [0.29, 0.717) is 36.8 Å². The lowest BCUT2D eigenvalue weighted by Crippen LogP contribution is -2.35. The van der Waals surface area contributed by atoms with Crippen molar-refractivity contribution in [3.8, 4) is 0 Å². The van der Waals surface area contributed by atoms with Crippen molar-refractivity contribution in [2.45, 2.75) is 58.7 Å². The van der Waals surface area contributed by atoms with Crippen molar-refractivity contribution >= 4 is 5.78 Å². The van der Waals surface area contributed by atoms with Crippen LogP contribution in [-0.2, 0) is 14.3 Å². The average Bonchev–Trinajstić information content (AvgIpc) is 2.87. The highest BCUT2D eigenvalue weighted by atomic mass is 16.7. The molecule has 104 valence electrons. The number of rotatable bonds is 5. The SMILES string of the molecule is CC(C)CC1(C[C@@H](C)[C@@H]2CCC(=O)C2)OCCO1. The van der Waals surface area contributed by atoms with Crippen molar-refractivity contribution in [3.63, 3.8) is 0 Å². The van der Waals surface area contributed by atoms with Crippen LogP contribution in [0.15, 0.2) is 0 Å². The Bertz CT molecular complexity index is 292. The Balaban J connectivity index is 1.94. The van der Waals surface area contributed by atoms with E-state index in [9.17, 15) is 4.79 Å². The van der Waals surface area contributed by atoms with Gasteiger partial charge in [-0.05, 0) is 24.2 Å². The van der Waals surface area contributed by atoms with Crippen LogP contribution in [0.1, 0.15) is 52.9 Å². The van der Waals surface area contributed by atoms with E-state index in [-0.39, 0.29) is 5.79 Å². The van der Waals surface area contributed by atoms with Gasteiger partial charge in [0.05, 0.1) is 13.2 Å².